The fraction of sp³-hybridized carbons (Fsp3) is 0.429. The Morgan fingerprint density at radius 2 is 1.69 bits per heavy atom. The summed E-state index contributed by atoms with van der Waals surface area (Å²) in [6.07, 6.45) is 3.05. The number of sulfonamides is 1. The Balaban J connectivity index is 1.50. The van der Waals surface area contributed by atoms with E-state index in [1.807, 2.05) is 19.1 Å². The number of benzene rings is 2. The first-order valence-corrected chi connectivity index (χ1v) is 10.9. The van der Waals surface area contributed by atoms with Crippen molar-refractivity contribution in [1.29, 1.82) is 0 Å². The molecule has 0 spiro atoms. The smallest absolute Gasteiger partial charge is 0.243 e. The summed E-state index contributed by atoms with van der Waals surface area (Å²) < 4.78 is 27.8. The maximum Gasteiger partial charge on any atom is 0.243 e. The van der Waals surface area contributed by atoms with Gasteiger partial charge in [-0.25, -0.2) is 8.42 Å². The summed E-state index contributed by atoms with van der Waals surface area (Å²) in [6, 6.07) is 16.1. The van der Waals surface area contributed by atoms with Gasteiger partial charge in [0, 0.05) is 32.2 Å². The van der Waals surface area contributed by atoms with Crippen LogP contribution in [0.25, 0.3) is 0 Å². The van der Waals surface area contributed by atoms with Gasteiger partial charge in [0.15, 0.2) is 0 Å². The topological polar surface area (TPSA) is 40.6 Å². The third-order valence-corrected chi connectivity index (χ3v) is 7.57. The highest BCUT2D eigenvalue weighted by Gasteiger charge is 2.33. The predicted octanol–water partition coefficient (Wildman–Crippen LogP) is 3.21. The zero-order valence-corrected chi connectivity index (χ0v) is 16.1. The fourth-order valence-corrected chi connectivity index (χ4v) is 5.64. The molecule has 2 aromatic rings. The molecule has 2 aliphatic heterocycles. The summed E-state index contributed by atoms with van der Waals surface area (Å²) in [5.74, 6) is 0. The van der Waals surface area contributed by atoms with Crippen LogP contribution in [0.2, 0.25) is 0 Å². The summed E-state index contributed by atoms with van der Waals surface area (Å²) >= 11 is 0. The summed E-state index contributed by atoms with van der Waals surface area (Å²) in [4.78, 5) is 2.88. The van der Waals surface area contributed by atoms with Gasteiger partial charge in [0.25, 0.3) is 0 Å². The van der Waals surface area contributed by atoms with E-state index in [0.29, 0.717) is 24.0 Å². The molecule has 26 heavy (non-hydrogen) atoms. The average molecular weight is 371 g/mol. The van der Waals surface area contributed by atoms with Crippen LogP contribution in [0.1, 0.15) is 29.5 Å². The molecule has 0 radical (unpaired) electrons. The maximum atomic E-state index is 13.0. The zero-order valence-electron chi connectivity index (χ0n) is 15.3. The Kier molecular flexibility index (Phi) is 4.86. The van der Waals surface area contributed by atoms with Gasteiger partial charge in [0.2, 0.25) is 10.0 Å². The number of fused-ring (bicyclic) bond motifs is 1. The SMILES string of the molecule is Cc1ccc(S(=O)(=O)N2CCC[C@@H](N3CCc4ccccc4C3)C2)cc1. The second-order valence-electron chi connectivity index (χ2n) is 7.46. The Hall–Kier alpha value is -1.69. The van der Waals surface area contributed by atoms with Gasteiger partial charge in [-0.2, -0.15) is 4.31 Å². The van der Waals surface area contributed by atoms with Crippen LogP contribution in [0.3, 0.4) is 0 Å². The van der Waals surface area contributed by atoms with E-state index in [9.17, 15) is 8.42 Å². The van der Waals surface area contributed by atoms with Gasteiger partial charge in [0.05, 0.1) is 4.90 Å². The average Bonchev–Trinajstić information content (AvgIpc) is 2.68. The van der Waals surface area contributed by atoms with Crippen molar-refractivity contribution in [3.05, 3.63) is 65.2 Å². The number of hydrogen-bond donors (Lipinski definition) is 0. The lowest BCUT2D eigenvalue weighted by Gasteiger charge is -2.41. The van der Waals surface area contributed by atoms with Crippen molar-refractivity contribution >= 4 is 10.0 Å². The van der Waals surface area contributed by atoms with E-state index in [1.165, 1.54) is 11.1 Å². The monoisotopic (exact) mass is 370 g/mol. The predicted molar refractivity (Wildman–Crippen MR) is 104 cm³/mol. The summed E-state index contributed by atoms with van der Waals surface area (Å²) in [7, 11) is -3.40. The molecule has 4 rings (SSSR count). The molecular formula is C21H26N2O2S. The lowest BCUT2D eigenvalue weighted by atomic mass is 9.96. The van der Waals surface area contributed by atoms with E-state index in [2.05, 4.69) is 29.2 Å². The van der Waals surface area contributed by atoms with E-state index in [0.717, 1.165) is 37.9 Å². The van der Waals surface area contributed by atoms with Gasteiger partial charge in [-0.3, -0.25) is 4.90 Å². The lowest BCUT2D eigenvalue weighted by Crippen LogP contribution is -2.50. The molecule has 2 heterocycles. The lowest BCUT2D eigenvalue weighted by molar-refractivity contribution is 0.122. The second kappa shape index (κ2) is 7.14. The van der Waals surface area contributed by atoms with Crippen molar-refractivity contribution < 1.29 is 8.42 Å². The third kappa shape index (κ3) is 3.43. The third-order valence-electron chi connectivity index (χ3n) is 5.69. The van der Waals surface area contributed by atoms with Crippen LogP contribution < -0.4 is 0 Å². The van der Waals surface area contributed by atoms with Gasteiger partial charge in [0.1, 0.15) is 0 Å². The normalized spacial score (nSPS) is 22.1. The van der Waals surface area contributed by atoms with E-state index in [1.54, 1.807) is 16.4 Å². The minimum atomic E-state index is -3.40. The quantitative estimate of drug-likeness (QED) is 0.833. The standard InChI is InChI=1S/C21H26N2O2S/c1-17-8-10-21(11-9-17)26(24,25)23-13-4-7-20(16-23)22-14-12-18-5-2-3-6-19(18)15-22/h2-3,5-6,8-11,20H,4,7,12-16H2,1H3/t20-/m1/s1. The first-order chi connectivity index (χ1) is 12.5. The van der Waals surface area contributed by atoms with Gasteiger partial charge >= 0.3 is 0 Å². The Labute approximate surface area is 156 Å². The highest BCUT2D eigenvalue weighted by Crippen LogP contribution is 2.27. The second-order valence-corrected chi connectivity index (χ2v) is 9.40. The molecule has 1 fully saturated rings. The van der Waals surface area contributed by atoms with Gasteiger partial charge in [-0.1, -0.05) is 42.0 Å². The van der Waals surface area contributed by atoms with Crippen molar-refractivity contribution in [2.45, 2.75) is 43.7 Å². The van der Waals surface area contributed by atoms with Crippen LogP contribution in [-0.4, -0.2) is 43.3 Å². The number of aryl methyl sites for hydroxylation is 1. The molecule has 4 nitrogen and oxygen atoms in total. The highest BCUT2D eigenvalue weighted by atomic mass is 32.2. The molecule has 0 unspecified atom stereocenters. The minimum Gasteiger partial charge on any atom is -0.294 e. The van der Waals surface area contributed by atoms with Crippen molar-refractivity contribution in [3.63, 3.8) is 0 Å². The van der Waals surface area contributed by atoms with Gasteiger partial charge in [-0.05, 0) is 49.4 Å². The van der Waals surface area contributed by atoms with Gasteiger partial charge in [-0.15, -0.1) is 0 Å². The Morgan fingerprint density at radius 3 is 2.46 bits per heavy atom. The van der Waals surface area contributed by atoms with Crippen LogP contribution >= 0.6 is 0 Å². The van der Waals surface area contributed by atoms with Crippen LogP contribution in [-0.2, 0) is 23.0 Å². The van der Waals surface area contributed by atoms with Crippen molar-refractivity contribution in [2.24, 2.45) is 0 Å². The van der Waals surface area contributed by atoms with E-state index < -0.39 is 10.0 Å². The first kappa shape index (κ1) is 17.7. The number of piperidine rings is 1. The Morgan fingerprint density at radius 1 is 0.962 bits per heavy atom. The molecule has 0 aliphatic carbocycles. The van der Waals surface area contributed by atoms with E-state index in [-0.39, 0.29) is 0 Å². The summed E-state index contributed by atoms with van der Waals surface area (Å²) in [6.45, 7) is 5.14. The van der Waals surface area contributed by atoms with Crippen LogP contribution in [0, 0.1) is 6.92 Å². The molecule has 138 valence electrons. The molecule has 5 heteroatoms. The zero-order chi connectivity index (χ0) is 18.1. The highest BCUT2D eigenvalue weighted by molar-refractivity contribution is 7.89. The molecule has 1 saturated heterocycles. The van der Waals surface area contributed by atoms with Crippen LogP contribution in [0.4, 0.5) is 0 Å². The molecule has 2 aromatic carbocycles. The van der Waals surface area contributed by atoms with Crippen molar-refractivity contribution in [3.8, 4) is 0 Å². The minimum absolute atomic E-state index is 0.303. The molecule has 2 aliphatic rings. The number of nitrogens with zero attached hydrogens (tertiary/aromatic N) is 2. The molecule has 0 saturated carbocycles. The summed E-state index contributed by atoms with van der Waals surface area (Å²) in [5.41, 5.74) is 3.90. The number of rotatable bonds is 3. The maximum absolute atomic E-state index is 13.0. The molecule has 0 amide bonds. The van der Waals surface area contributed by atoms with E-state index in [4.69, 9.17) is 0 Å². The largest absolute Gasteiger partial charge is 0.294 e. The summed E-state index contributed by atoms with van der Waals surface area (Å²) in [5, 5.41) is 0. The van der Waals surface area contributed by atoms with Crippen LogP contribution in [0.15, 0.2) is 53.4 Å². The van der Waals surface area contributed by atoms with Crippen molar-refractivity contribution in [1.82, 2.24) is 9.21 Å². The van der Waals surface area contributed by atoms with Crippen molar-refractivity contribution in [2.75, 3.05) is 19.6 Å². The molecular weight excluding hydrogens is 344 g/mol. The van der Waals surface area contributed by atoms with E-state index >= 15 is 0 Å². The number of hydrogen-bond acceptors (Lipinski definition) is 3. The molecule has 1 atom stereocenters. The fourth-order valence-electron chi connectivity index (χ4n) is 4.13. The molecule has 0 aromatic heterocycles. The van der Waals surface area contributed by atoms with Gasteiger partial charge < -0.3 is 0 Å². The Bertz CT molecular complexity index is 877. The first-order valence-electron chi connectivity index (χ1n) is 9.42. The molecule has 0 bridgehead atoms. The molecule has 0 N–H and O–H groups in total. The van der Waals surface area contributed by atoms with Crippen LogP contribution in [0.5, 0.6) is 0 Å².